The molecule has 4 rings (SSSR count). The summed E-state index contributed by atoms with van der Waals surface area (Å²) in [6.45, 7) is 2.76. The fourth-order valence-electron chi connectivity index (χ4n) is 3.58. The molecule has 0 radical (unpaired) electrons. The van der Waals surface area contributed by atoms with Gasteiger partial charge in [0.25, 0.3) is 0 Å². The first-order valence-corrected chi connectivity index (χ1v) is 12.4. The number of fused-ring (bicyclic) bond motifs is 1. The van der Waals surface area contributed by atoms with Crippen molar-refractivity contribution in [2.24, 2.45) is 0 Å². The highest BCUT2D eigenvalue weighted by Gasteiger charge is 2.34. The van der Waals surface area contributed by atoms with Gasteiger partial charge in [0.05, 0.1) is 23.2 Å². The highest BCUT2D eigenvalue weighted by atomic mass is 32.2. The van der Waals surface area contributed by atoms with E-state index in [0.29, 0.717) is 48.1 Å². The average molecular weight is 490 g/mol. The van der Waals surface area contributed by atoms with E-state index in [9.17, 15) is 21.6 Å². The molecule has 4 heterocycles. The summed E-state index contributed by atoms with van der Waals surface area (Å²) in [5.41, 5.74) is 4.85. The maximum absolute atomic E-state index is 13.1. The first kappa shape index (κ1) is 22.7. The van der Waals surface area contributed by atoms with Gasteiger partial charge in [0.15, 0.2) is 0 Å². The van der Waals surface area contributed by atoms with Crippen molar-refractivity contribution in [3.05, 3.63) is 24.0 Å². The van der Waals surface area contributed by atoms with E-state index in [1.807, 2.05) is 6.92 Å². The number of nitrogens with two attached hydrogens (primary N) is 1. The van der Waals surface area contributed by atoms with E-state index in [4.69, 9.17) is 5.73 Å². The molecule has 3 aromatic rings. The van der Waals surface area contributed by atoms with Crippen molar-refractivity contribution in [3.8, 4) is 11.3 Å². The molecule has 1 saturated heterocycles. The van der Waals surface area contributed by atoms with Gasteiger partial charge >= 0.3 is 6.18 Å². The van der Waals surface area contributed by atoms with Gasteiger partial charge in [-0.25, -0.2) is 27.2 Å². The van der Waals surface area contributed by atoms with Crippen LogP contribution in [0.15, 0.2) is 18.5 Å². The standard InChI is InChI=1S/C18H22F3N7O2S2/c1-2-7-32(29,30)27-5-3-12(4-6-27)24-16-26-28-10-14(25-17(28)31-16)11-8-13(18(19,20)21)15(22)23-9-11/h8-10,12H,2-7H2,1H3,(H2,22,23)(H,24,26). The largest absolute Gasteiger partial charge is 0.419 e. The minimum Gasteiger partial charge on any atom is -0.383 e. The van der Waals surface area contributed by atoms with Gasteiger partial charge in [-0.05, 0) is 25.3 Å². The second-order valence-corrected chi connectivity index (χ2v) is 10.6. The topological polar surface area (TPSA) is 119 Å². The van der Waals surface area contributed by atoms with Gasteiger partial charge in [-0.1, -0.05) is 18.3 Å². The smallest absolute Gasteiger partial charge is 0.383 e. The zero-order valence-corrected chi connectivity index (χ0v) is 18.8. The zero-order chi connectivity index (χ0) is 23.1. The Morgan fingerprint density at radius 2 is 2.03 bits per heavy atom. The average Bonchev–Trinajstić information content (AvgIpc) is 3.26. The molecule has 1 fully saturated rings. The number of alkyl halides is 3. The monoisotopic (exact) mass is 489 g/mol. The van der Waals surface area contributed by atoms with E-state index in [1.54, 1.807) is 0 Å². The lowest BCUT2D eigenvalue weighted by molar-refractivity contribution is -0.137. The van der Waals surface area contributed by atoms with Crippen LogP contribution in [0, 0.1) is 0 Å². The molecule has 0 bridgehead atoms. The van der Waals surface area contributed by atoms with E-state index >= 15 is 0 Å². The van der Waals surface area contributed by atoms with Gasteiger partial charge in [-0.15, -0.1) is 5.10 Å². The summed E-state index contributed by atoms with van der Waals surface area (Å²) >= 11 is 1.26. The predicted octanol–water partition coefficient (Wildman–Crippen LogP) is 3.07. The normalized spacial score (nSPS) is 16.6. The van der Waals surface area contributed by atoms with Crippen LogP contribution in [0.2, 0.25) is 0 Å². The number of hydrogen-bond donors (Lipinski definition) is 2. The third-order valence-corrected chi connectivity index (χ3v) is 8.13. The van der Waals surface area contributed by atoms with Crippen LogP contribution >= 0.6 is 11.3 Å². The number of nitrogens with one attached hydrogen (secondary N) is 1. The van der Waals surface area contributed by atoms with Crippen molar-refractivity contribution < 1.29 is 21.6 Å². The summed E-state index contributed by atoms with van der Waals surface area (Å²) in [4.78, 5) is 8.51. The Morgan fingerprint density at radius 3 is 2.66 bits per heavy atom. The fraction of sp³-hybridized carbons (Fsp3) is 0.500. The number of pyridine rings is 1. The number of aromatic nitrogens is 4. The number of sulfonamides is 1. The molecule has 0 unspecified atom stereocenters. The van der Waals surface area contributed by atoms with Crippen LogP contribution in [0.25, 0.3) is 16.2 Å². The van der Waals surface area contributed by atoms with Gasteiger partial charge in [-0.2, -0.15) is 13.2 Å². The molecule has 14 heteroatoms. The number of nitrogens with zero attached hydrogens (tertiary/aromatic N) is 5. The van der Waals surface area contributed by atoms with Crippen molar-refractivity contribution in [3.63, 3.8) is 0 Å². The molecule has 0 aromatic carbocycles. The summed E-state index contributed by atoms with van der Waals surface area (Å²) in [5, 5.41) is 8.32. The Labute approximate surface area is 186 Å². The van der Waals surface area contributed by atoms with E-state index in [-0.39, 0.29) is 17.4 Å². The quantitative estimate of drug-likeness (QED) is 0.546. The van der Waals surface area contributed by atoms with Crippen LogP contribution in [0.1, 0.15) is 31.7 Å². The molecule has 9 nitrogen and oxygen atoms in total. The van der Waals surface area contributed by atoms with E-state index in [0.717, 1.165) is 6.07 Å². The lowest BCUT2D eigenvalue weighted by atomic mass is 10.1. The van der Waals surface area contributed by atoms with E-state index < -0.39 is 27.6 Å². The van der Waals surface area contributed by atoms with Crippen molar-refractivity contribution in [2.45, 2.75) is 38.4 Å². The summed E-state index contributed by atoms with van der Waals surface area (Å²) in [5.74, 6) is -0.425. The lowest BCUT2D eigenvalue weighted by Crippen LogP contribution is -2.43. The maximum atomic E-state index is 13.1. The number of anilines is 2. The molecule has 32 heavy (non-hydrogen) atoms. The van der Waals surface area contributed by atoms with E-state index in [1.165, 1.54) is 32.6 Å². The van der Waals surface area contributed by atoms with Crippen LogP contribution in [-0.4, -0.2) is 57.2 Å². The molecule has 0 amide bonds. The fourth-order valence-corrected chi connectivity index (χ4v) is 5.98. The summed E-state index contributed by atoms with van der Waals surface area (Å²) in [6, 6.07) is 1.00. The predicted molar refractivity (Wildman–Crippen MR) is 116 cm³/mol. The Morgan fingerprint density at radius 1 is 1.31 bits per heavy atom. The van der Waals surface area contributed by atoms with Crippen LogP contribution < -0.4 is 11.1 Å². The van der Waals surface area contributed by atoms with Gasteiger partial charge in [-0.3, -0.25) is 0 Å². The van der Waals surface area contributed by atoms with Crippen LogP contribution in [0.4, 0.5) is 24.1 Å². The van der Waals surface area contributed by atoms with Crippen LogP contribution in [0.3, 0.4) is 0 Å². The molecule has 0 spiro atoms. The Kier molecular flexibility index (Phi) is 6.02. The minimum absolute atomic E-state index is 0.0778. The molecule has 3 aromatic heterocycles. The molecular formula is C18H22F3N7O2S2. The molecule has 3 N–H and O–H groups in total. The molecule has 0 saturated carbocycles. The lowest BCUT2D eigenvalue weighted by Gasteiger charge is -2.31. The molecule has 0 aliphatic carbocycles. The number of nitrogen functional groups attached to an aromatic ring is 1. The van der Waals surface area contributed by atoms with Crippen LogP contribution in [0.5, 0.6) is 0 Å². The van der Waals surface area contributed by atoms with Crippen molar-refractivity contribution in [2.75, 3.05) is 29.9 Å². The highest BCUT2D eigenvalue weighted by Crippen LogP contribution is 2.35. The SMILES string of the molecule is CCCS(=O)(=O)N1CCC(Nc2nn3cc(-c4cnc(N)c(C(F)(F)F)c4)nc3s2)CC1. The Balaban J connectivity index is 1.44. The summed E-state index contributed by atoms with van der Waals surface area (Å²) in [6.07, 6.45) is 0.0814. The van der Waals surface area contributed by atoms with Gasteiger partial charge in [0.1, 0.15) is 5.82 Å². The summed E-state index contributed by atoms with van der Waals surface area (Å²) < 4.78 is 66.7. The molecule has 0 atom stereocenters. The third-order valence-electron chi connectivity index (χ3n) is 5.20. The third kappa shape index (κ3) is 4.66. The van der Waals surface area contributed by atoms with Crippen molar-refractivity contribution >= 4 is 37.3 Å². The molecule has 1 aliphatic heterocycles. The van der Waals surface area contributed by atoms with Gasteiger partial charge in [0.2, 0.25) is 20.1 Å². The van der Waals surface area contributed by atoms with E-state index in [2.05, 4.69) is 20.4 Å². The number of halogens is 3. The number of hydrogen-bond acceptors (Lipinski definition) is 8. The second kappa shape index (κ2) is 8.48. The number of imidazole rings is 1. The highest BCUT2D eigenvalue weighted by molar-refractivity contribution is 7.89. The summed E-state index contributed by atoms with van der Waals surface area (Å²) in [7, 11) is -3.19. The second-order valence-electron chi connectivity index (χ2n) is 7.55. The molecule has 174 valence electrons. The molecular weight excluding hydrogens is 467 g/mol. The van der Waals surface area contributed by atoms with Crippen LogP contribution in [-0.2, 0) is 16.2 Å². The number of rotatable bonds is 6. The van der Waals surface area contributed by atoms with Gasteiger partial charge < -0.3 is 11.1 Å². The Hall–Kier alpha value is -2.45. The maximum Gasteiger partial charge on any atom is 0.419 e. The zero-order valence-electron chi connectivity index (χ0n) is 17.1. The van der Waals surface area contributed by atoms with Gasteiger partial charge in [0, 0.05) is 30.9 Å². The minimum atomic E-state index is -4.61. The first-order valence-electron chi connectivity index (χ1n) is 10.0. The van der Waals surface area contributed by atoms with Crippen molar-refractivity contribution in [1.29, 1.82) is 0 Å². The Bertz CT molecular complexity index is 1180. The number of piperidine rings is 1. The van der Waals surface area contributed by atoms with Crippen molar-refractivity contribution in [1.82, 2.24) is 23.9 Å². The first-order chi connectivity index (χ1) is 15.1. The molecule has 1 aliphatic rings.